The highest BCUT2D eigenvalue weighted by Gasteiger charge is 2.32. The number of aromatic nitrogens is 1. The Morgan fingerprint density at radius 2 is 1.95 bits per heavy atom. The zero-order valence-electron chi connectivity index (χ0n) is 9.91. The number of ether oxygens (including phenoxy) is 1. The van der Waals surface area contributed by atoms with Gasteiger partial charge in [0.25, 0.3) is 0 Å². The topological polar surface area (TPSA) is 60.2 Å². The highest BCUT2D eigenvalue weighted by Crippen LogP contribution is 2.33. The van der Waals surface area contributed by atoms with Crippen molar-refractivity contribution < 1.29 is 17.9 Å². The summed E-state index contributed by atoms with van der Waals surface area (Å²) in [7, 11) is 0. The summed E-state index contributed by atoms with van der Waals surface area (Å²) in [5.41, 5.74) is 1.20. The van der Waals surface area contributed by atoms with Crippen LogP contribution in [0.3, 0.4) is 0 Å². The van der Waals surface area contributed by atoms with Gasteiger partial charge in [0.2, 0.25) is 5.88 Å². The number of nitrogens with zero attached hydrogens (tertiary/aromatic N) is 1. The minimum atomic E-state index is -4.50. The first-order valence-corrected chi connectivity index (χ1v) is 6.45. The Bertz CT molecular complexity index is 619. The Kier molecular flexibility index (Phi) is 4.33. The summed E-state index contributed by atoms with van der Waals surface area (Å²) in [5, 5.41) is 0. The number of rotatable bonds is 3. The minimum absolute atomic E-state index is 0.125. The lowest BCUT2D eigenvalue weighted by Crippen LogP contribution is -2.12. The van der Waals surface area contributed by atoms with Crippen LogP contribution >= 0.6 is 22.6 Å². The van der Waals surface area contributed by atoms with Gasteiger partial charge in [-0.3, -0.25) is 0 Å². The quantitative estimate of drug-likeness (QED) is 0.472. The predicted molar refractivity (Wildman–Crippen MR) is 76.3 cm³/mol. The molecule has 0 unspecified atom stereocenters. The molecule has 1 heterocycles. The largest absolute Gasteiger partial charge is 0.439 e. The number of halogens is 4. The van der Waals surface area contributed by atoms with Crippen LogP contribution in [-0.4, -0.2) is 4.98 Å². The molecule has 0 atom stereocenters. The fourth-order valence-electron chi connectivity index (χ4n) is 1.45. The molecule has 4 nitrogen and oxygen atoms in total. The SMILES string of the molecule is NNc1cc(C(F)(F)F)cc(Oc2cccc(I)c2)n1. The second-order valence-electron chi connectivity index (χ2n) is 3.78. The van der Waals surface area contributed by atoms with Gasteiger partial charge in [0, 0.05) is 9.64 Å². The summed E-state index contributed by atoms with van der Waals surface area (Å²) >= 11 is 2.07. The van der Waals surface area contributed by atoms with Crippen LogP contribution in [0.25, 0.3) is 0 Å². The number of hydrogen-bond acceptors (Lipinski definition) is 4. The third-order valence-corrected chi connectivity index (χ3v) is 2.97. The van der Waals surface area contributed by atoms with Gasteiger partial charge in [-0.1, -0.05) is 6.07 Å². The highest BCUT2D eigenvalue weighted by atomic mass is 127. The van der Waals surface area contributed by atoms with E-state index in [0.717, 1.165) is 15.7 Å². The van der Waals surface area contributed by atoms with Gasteiger partial charge in [0.05, 0.1) is 5.56 Å². The van der Waals surface area contributed by atoms with Crippen molar-refractivity contribution in [2.24, 2.45) is 5.84 Å². The molecule has 0 spiro atoms. The predicted octanol–water partition coefficient (Wildman–Crippen LogP) is 3.78. The lowest BCUT2D eigenvalue weighted by Gasteiger charge is -2.11. The van der Waals surface area contributed by atoms with E-state index >= 15 is 0 Å². The number of benzene rings is 1. The molecule has 0 fully saturated rings. The van der Waals surface area contributed by atoms with Crippen LogP contribution in [0.2, 0.25) is 0 Å². The summed E-state index contributed by atoms with van der Waals surface area (Å²) in [6.07, 6.45) is -4.50. The number of hydrazine groups is 1. The lowest BCUT2D eigenvalue weighted by molar-refractivity contribution is -0.137. The fourth-order valence-corrected chi connectivity index (χ4v) is 1.96. The standard InChI is InChI=1S/C12H9F3IN3O/c13-12(14,15)7-4-10(19-17)18-11(5-7)20-9-3-1-2-8(16)6-9/h1-6H,17H2,(H,18,19). The Hall–Kier alpha value is -1.55. The zero-order valence-corrected chi connectivity index (χ0v) is 12.1. The van der Waals surface area contributed by atoms with E-state index in [0.29, 0.717) is 5.75 Å². The Morgan fingerprint density at radius 3 is 2.55 bits per heavy atom. The van der Waals surface area contributed by atoms with E-state index in [-0.39, 0.29) is 11.7 Å². The molecule has 0 aliphatic heterocycles. The zero-order chi connectivity index (χ0) is 14.8. The van der Waals surface area contributed by atoms with E-state index < -0.39 is 11.7 Å². The number of anilines is 1. The number of hydrogen-bond donors (Lipinski definition) is 2. The van der Waals surface area contributed by atoms with E-state index in [2.05, 4.69) is 33.0 Å². The average molecular weight is 395 g/mol. The molecule has 1 aromatic carbocycles. The normalized spacial score (nSPS) is 11.2. The van der Waals surface area contributed by atoms with Crippen molar-refractivity contribution >= 4 is 28.4 Å². The second kappa shape index (κ2) is 5.83. The molecule has 8 heteroatoms. The van der Waals surface area contributed by atoms with E-state index in [1.54, 1.807) is 18.2 Å². The van der Waals surface area contributed by atoms with Crippen LogP contribution < -0.4 is 16.0 Å². The van der Waals surface area contributed by atoms with Gasteiger partial charge < -0.3 is 10.2 Å². The van der Waals surface area contributed by atoms with Crippen molar-refractivity contribution in [1.29, 1.82) is 0 Å². The molecule has 0 radical (unpaired) electrons. The van der Waals surface area contributed by atoms with Gasteiger partial charge >= 0.3 is 6.18 Å². The summed E-state index contributed by atoms with van der Waals surface area (Å²) < 4.78 is 44.4. The first kappa shape index (κ1) is 14.9. The van der Waals surface area contributed by atoms with Crippen molar-refractivity contribution in [3.05, 3.63) is 45.5 Å². The van der Waals surface area contributed by atoms with Gasteiger partial charge in [-0.15, -0.1) is 0 Å². The molecule has 20 heavy (non-hydrogen) atoms. The molecule has 3 N–H and O–H groups in total. The minimum Gasteiger partial charge on any atom is -0.439 e. The van der Waals surface area contributed by atoms with Crippen LogP contribution in [0.5, 0.6) is 11.6 Å². The van der Waals surface area contributed by atoms with Gasteiger partial charge in [-0.2, -0.15) is 18.2 Å². The number of nitrogen functional groups attached to an aromatic ring is 1. The van der Waals surface area contributed by atoms with Crippen molar-refractivity contribution in [3.8, 4) is 11.6 Å². The molecule has 106 valence electrons. The second-order valence-corrected chi connectivity index (χ2v) is 5.03. The number of pyridine rings is 1. The Morgan fingerprint density at radius 1 is 1.20 bits per heavy atom. The van der Waals surface area contributed by atoms with Gasteiger partial charge in [0.1, 0.15) is 11.6 Å². The Labute approximate surface area is 126 Å². The number of nitrogens with two attached hydrogens (primary N) is 1. The molecular formula is C12H9F3IN3O. The summed E-state index contributed by atoms with van der Waals surface area (Å²) in [6, 6.07) is 8.49. The molecule has 2 aromatic rings. The van der Waals surface area contributed by atoms with Crippen LogP contribution in [0.1, 0.15) is 5.56 Å². The summed E-state index contributed by atoms with van der Waals surface area (Å²) in [6.45, 7) is 0. The van der Waals surface area contributed by atoms with E-state index in [1.165, 1.54) is 0 Å². The van der Waals surface area contributed by atoms with Crippen molar-refractivity contribution in [1.82, 2.24) is 4.98 Å². The smallest absolute Gasteiger partial charge is 0.416 e. The van der Waals surface area contributed by atoms with Gasteiger partial charge in [-0.25, -0.2) is 5.84 Å². The van der Waals surface area contributed by atoms with Crippen LogP contribution in [-0.2, 0) is 6.18 Å². The maximum absolute atomic E-state index is 12.7. The third-order valence-electron chi connectivity index (χ3n) is 2.30. The molecule has 0 aliphatic carbocycles. The summed E-state index contributed by atoms with van der Waals surface area (Å²) in [4.78, 5) is 3.83. The molecule has 2 rings (SSSR count). The third kappa shape index (κ3) is 3.73. The van der Waals surface area contributed by atoms with E-state index in [4.69, 9.17) is 10.6 Å². The maximum atomic E-state index is 12.7. The van der Waals surface area contributed by atoms with Crippen LogP contribution in [0.4, 0.5) is 19.0 Å². The monoisotopic (exact) mass is 395 g/mol. The molecule has 0 amide bonds. The number of nitrogens with one attached hydrogen (secondary N) is 1. The van der Waals surface area contributed by atoms with Gasteiger partial charge in [0.15, 0.2) is 0 Å². The van der Waals surface area contributed by atoms with Crippen molar-refractivity contribution in [2.75, 3.05) is 5.43 Å². The first-order chi connectivity index (χ1) is 9.38. The maximum Gasteiger partial charge on any atom is 0.416 e. The molecule has 0 saturated heterocycles. The molecular weight excluding hydrogens is 386 g/mol. The van der Waals surface area contributed by atoms with Crippen LogP contribution in [0.15, 0.2) is 36.4 Å². The molecule has 0 aliphatic rings. The first-order valence-electron chi connectivity index (χ1n) is 5.38. The van der Waals surface area contributed by atoms with E-state index in [9.17, 15) is 13.2 Å². The highest BCUT2D eigenvalue weighted by molar-refractivity contribution is 14.1. The fraction of sp³-hybridized carbons (Fsp3) is 0.0833. The average Bonchev–Trinajstić information content (AvgIpc) is 2.37. The molecule has 1 aromatic heterocycles. The molecule has 0 saturated carbocycles. The van der Waals surface area contributed by atoms with Crippen molar-refractivity contribution in [3.63, 3.8) is 0 Å². The molecule has 0 bridgehead atoms. The van der Waals surface area contributed by atoms with Gasteiger partial charge in [-0.05, 0) is 46.9 Å². The Balaban J connectivity index is 2.36. The lowest BCUT2D eigenvalue weighted by atomic mass is 10.2. The van der Waals surface area contributed by atoms with Crippen LogP contribution in [0, 0.1) is 3.57 Å². The summed E-state index contributed by atoms with van der Waals surface area (Å²) in [5.74, 6) is 5.20. The number of alkyl halides is 3. The van der Waals surface area contributed by atoms with E-state index in [1.807, 2.05) is 6.07 Å². The van der Waals surface area contributed by atoms with Crippen molar-refractivity contribution in [2.45, 2.75) is 6.18 Å².